The van der Waals surface area contributed by atoms with Crippen LogP contribution in [0.1, 0.15) is 6.92 Å². The number of allylic oxidation sites excluding steroid dienone is 1. The van der Waals surface area contributed by atoms with Crippen LogP contribution in [0.4, 0.5) is 0 Å². The third-order valence-corrected chi connectivity index (χ3v) is 1.02. The van der Waals surface area contributed by atoms with Crippen LogP contribution in [0, 0.1) is 0 Å². The molecule has 4 N–H and O–H groups in total. The molecule has 0 spiro atoms. The van der Waals surface area contributed by atoms with Crippen LogP contribution >= 0.6 is 0 Å². The average Bonchev–Trinajstić information content (AvgIpc) is 1.98. The van der Waals surface area contributed by atoms with Gasteiger partial charge >= 0.3 is 0 Å². The minimum absolute atomic E-state index is 0.0301. The number of hydrogen-bond acceptors (Lipinski definition) is 3. The van der Waals surface area contributed by atoms with Gasteiger partial charge in [-0.3, -0.25) is 9.79 Å². The highest BCUT2D eigenvalue weighted by Gasteiger charge is 2.04. The van der Waals surface area contributed by atoms with Gasteiger partial charge in [-0.1, -0.05) is 0 Å². The molecule has 0 aliphatic carbocycles. The fourth-order valence-corrected chi connectivity index (χ4v) is 0.485. The smallest absolute Gasteiger partial charge is 0.269 e. The summed E-state index contributed by atoms with van der Waals surface area (Å²) in [6.07, 6.45) is 0.981. The van der Waals surface area contributed by atoms with E-state index in [1.807, 2.05) is 0 Å². The van der Waals surface area contributed by atoms with E-state index in [1.165, 1.54) is 0 Å². The van der Waals surface area contributed by atoms with Crippen molar-refractivity contribution in [1.29, 1.82) is 0 Å². The molecule has 0 aliphatic heterocycles. The maximum Gasteiger partial charge on any atom is 0.269 e. The zero-order valence-corrected chi connectivity index (χ0v) is 6.24. The topological polar surface area (TPSA) is 93.8 Å². The molecule has 0 aromatic carbocycles. The molecule has 0 aliphatic rings. The number of amides is 1. The van der Waals surface area contributed by atoms with Crippen LogP contribution in [0.25, 0.3) is 0 Å². The lowest BCUT2D eigenvalue weighted by molar-refractivity contribution is -0.114. The number of primary amides is 1. The van der Waals surface area contributed by atoms with Gasteiger partial charge in [-0.2, -0.15) is 0 Å². The van der Waals surface area contributed by atoms with E-state index in [0.29, 0.717) is 5.70 Å². The number of hydrogen-bond donors (Lipinski definition) is 2. The molecule has 0 saturated heterocycles. The van der Waals surface area contributed by atoms with E-state index in [1.54, 1.807) is 6.92 Å². The third kappa shape index (κ3) is 2.61. The highest BCUT2D eigenvalue weighted by Crippen LogP contribution is 2.04. The fraction of sp³-hybridized carbons (Fsp3) is 0.167. The molecule has 0 bridgehead atoms. The summed E-state index contributed by atoms with van der Waals surface area (Å²) in [5.41, 5.74) is 10.3. The van der Waals surface area contributed by atoms with Gasteiger partial charge in [-0.25, -0.2) is 4.99 Å². The van der Waals surface area contributed by atoms with Crippen LogP contribution < -0.4 is 11.5 Å². The first-order valence-corrected chi connectivity index (χ1v) is 2.85. The molecule has 0 atom stereocenters. The summed E-state index contributed by atoms with van der Waals surface area (Å²) in [7, 11) is 0. The summed E-state index contributed by atoms with van der Waals surface area (Å²) >= 11 is 0. The Hall–Kier alpha value is -1.65. The van der Waals surface area contributed by atoms with Crippen LogP contribution in [0.2, 0.25) is 0 Å². The molecule has 5 heteroatoms. The van der Waals surface area contributed by atoms with Gasteiger partial charge in [-0.15, -0.1) is 0 Å². The lowest BCUT2D eigenvalue weighted by atomic mass is 10.3. The minimum atomic E-state index is -0.670. The summed E-state index contributed by atoms with van der Waals surface area (Å²) in [6.45, 7) is 4.79. The molecule has 0 aromatic rings. The summed E-state index contributed by atoms with van der Waals surface area (Å²) in [4.78, 5) is 17.6. The molecule has 0 rings (SSSR count). The van der Waals surface area contributed by atoms with Crippen molar-refractivity contribution in [3.8, 4) is 0 Å². The number of nitrogens with zero attached hydrogens (tertiary/aromatic N) is 2. The number of carbonyl (C=O) groups is 1. The molecule has 0 aromatic heterocycles. The Labute approximate surface area is 64.5 Å². The Morgan fingerprint density at radius 3 is 2.45 bits per heavy atom. The standard InChI is InChI=1S/C6H10N4O/c1-4(9-2)5(6(8)11)10-3-7/h3H,2H2,1H3,(H2,7,10)(H2,8,11)/b5-4+. The van der Waals surface area contributed by atoms with Crippen molar-refractivity contribution in [2.45, 2.75) is 6.92 Å². The van der Waals surface area contributed by atoms with Crippen LogP contribution in [0.3, 0.4) is 0 Å². The van der Waals surface area contributed by atoms with E-state index in [9.17, 15) is 4.79 Å². The van der Waals surface area contributed by atoms with E-state index < -0.39 is 5.91 Å². The summed E-state index contributed by atoms with van der Waals surface area (Å²) < 4.78 is 0. The van der Waals surface area contributed by atoms with Crippen LogP contribution in [-0.4, -0.2) is 19.0 Å². The molecule has 0 saturated carbocycles. The predicted octanol–water partition coefficient (Wildman–Crippen LogP) is -0.609. The van der Waals surface area contributed by atoms with Gasteiger partial charge in [0.15, 0.2) is 5.70 Å². The highest BCUT2D eigenvalue weighted by molar-refractivity contribution is 5.93. The van der Waals surface area contributed by atoms with Gasteiger partial charge < -0.3 is 11.5 Å². The molecule has 0 fully saturated rings. The van der Waals surface area contributed by atoms with Crippen LogP contribution in [0.5, 0.6) is 0 Å². The predicted molar refractivity (Wildman–Crippen MR) is 44.1 cm³/mol. The van der Waals surface area contributed by atoms with Crippen molar-refractivity contribution in [2.75, 3.05) is 0 Å². The molecule has 1 amide bonds. The molecular weight excluding hydrogens is 144 g/mol. The summed E-state index contributed by atoms with van der Waals surface area (Å²) in [5, 5.41) is 0. The fourth-order valence-electron chi connectivity index (χ4n) is 0.485. The van der Waals surface area contributed by atoms with Gasteiger partial charge in [0.2, 0.25) is 0 Å². The number of aliphatic imine (C=N–C) groups is 2. The largest absolute Gasteiger partial charge is 0.390 e. The van der Waals surface area contributed by atoms with Crippen molar-refractivity contribution in [1.82, 2.24) is 0 Å². The molecule has 0 unspecified atom stereocenters. The van der Waals surface area contributed by atoms with E-state index >= 15 is 0 Å². The first kappa shape index (κ1) is 9.35. The second-order valence-electron chi connectivity index (χ2n) is 1.73. The SMILES string of the molecule is C=N/C(C)=C(/N=CN)C(N)=O. The van der Waals surface area contributed by atoms with Crippen molar-refractivity contribution < 1.29 is 4.79 Å². The van der Waals surface area contributed by atoms with Crippen molar-refractivity contribution >= 4 is 19.0 Å². The Balaban J connectivity index is 4.87. The molecular formula is C6H10N4O. The third-order valence-electron chi connectivity index (χ3n) is 1.02. The monoisotopic (exact) mass is 154 g/mol. The Kier molecular flexibility index (Phi) is 3.58. The first-order valence-electron chi connectivity index (χ1n) is 2.85. The Bertz CT molecular complexity index is 229. The normalized spacial score (nSPS) is 12.8. The summed E-state index contributed by atoms with van der Waals surface area (Å²) in [6, 6.07) is 0. The van der Waals surface area contributed by atoms with Crippen LogP contribution in [0.15, 0.2) is 21.4 Å². The van der Waals surface area contributed by atoms with E-state index in [-0.39, 0.29) is 5.70 Å². The summed E-state index contributed by atoms with van der Waals surface area (Å²) in [5.74, 6) is -0.670. The average molecular weight is 154 g/mol. The van der Waals surface area contributed by atoms with Gasteiger partial charge in [0.25, 0.3) is 5.91 Å². The molecule has 60 valence electrons. The van der Waals surface area contributed by atoms with Gasteiger partial charge in [0.05, 0.1) is 12.0 Å². The van der Waals surface area contributed by atoms with Crippen molar-refractivity contribution in [2.24, 2.45) is 21.5 Å². The quantitative estimate of drug-likeness (QED) is 0.322. The van der Waals surface area contributed by atoms with Gasteiger partial charge in [-0.05, 0) is 13.6 Å². The first-order chi connectivity index (χ1) is 5.13. The zero-order chi connectivity index (χ0) is 8.85. The molecule has 5 nitrogen and oxygen atoms in total. The second-order valence-corrected chi connectivity index (χ2v) is 1.73. The number of carbonyl (C=O) groups excluding carboxylic acids is 1. The zero-order valence-electron chi connectivity index (χ0n) is 6.24. The lowest BCUT2D eigenvalue weighted by Crippen LogP contribution is -2.14. The van der Waals surface area contributed by atoms with E-state index in [2.05, 4.69) is 16.7 Å². The Morgan fingerprint density at radius 2 is 2.18 bits per heavy atom. The minimum Gasteiger partial charge on any atom is -0.390 e. The van der Waals surface area contributed by atoms with E-state index in [0.717, 1.165) is 6.34 Å². The van der Waals surface area contributed by atoms with Crippen molar-refractivity contribution in [3.05, 3.63) is 11.4 Å². The highest BCUT2D eigenvalue weighted by atomic mass is 16.1. The van der Waals surface area contributed by atoms with Gasteiger partial charge in [0, 0.05) is 0 Å². The maximum absolute atomic E-state index is 10.6. The second kappa shape index (κ2) is 4.21. The van der Waals surface area contributed by atoms with E-state index in [4.69, 9.17) is 11.5 Å². The molecule has 0 heterocycles. The van der Waals surface area contributed by atoms with Gasteiger partial charge in [0.1, 0.15) is 0 Å². The number of nitrogens with two attached hydrogens (primary N) is 2. The number of rotatable bonds is 3. The Morgan fingerprint density at radius 1 is 1.64 bits per heavy atom. The molecule has 11 heavy (non-hydrogen) atoms. The van der Waals surface area contributed by atoms with Crippen LogP contribution in [-0.2, 0) is 4.79 Å². The maximum atomic E-state index is 10.6. The van der Waals surface area contributed by atoms with Crippen molar-refractivity contribution in [3.63, 3.8) is 0 Å². The molecule has 0 radical (unpaired) electrons. The lowest BCUT2D eigenvalue weighted by Gasteiger charge is -1.96.